The molecular weight excluding hydrogens is 290 g/mol. The molecule has 0 saturated carbocycles. The van der Waals surface area contributed by atoms with Gasteiger partial charge >= 0.3 is 0 Å². The smallest absolute Gasteiger partial charge is 0.261 e. The number of aryl methyl sites for hydroxylation is 1. The van der Waals surface area contributed by atoms with E-state index in [4.69, 9.17) is 10.9 Å². The zero-order valence-corrected chi connectivity index (χ0v) is 12.1. The van der Waals surface area contributed by atoms with Crippen LogP contribution in [0.5, 0.6) is 0 Å². The van der Waals surface area contributed by atoms with Crippen LogP contribution in [0.2, 0.25) is 0 Å². The number of amidine groups is 1. The maximum absolute atomic E-state index is 12.3. The van der Waals surface area contributed by atoms with Crippen molar-refractivity contribution in [1.29, 1.82) is 0 Å². The topological polar surface area (TPSA) is 105 Å². The molecule has 110 valence electrons. The first kappa shape index (κ1) is 14.9. The highest BCUT2D eigenvalue weighted by molar-refractivity contribution is 7.92. The van der Waals surface area contributed by atoms with E-state index in [-0.39, 0.29) is 16.4 Å². The molecule has 0 heterocycles. The summed E-state index contributed by atoms with van der Waals surface area (Å²) in [6.07, 6.45) is 0. The molecule has 2 aromatic carbocycles. The average molecular weight is 305 g/mol. The lowest BCUT2D eigenvalue weighted by Gasteiger charge is -2.13. The predicted molar refractivity (Wildman–Crippen MR) is 80.9 cm³/mol. The van der Waals surface area contributed by atoms with Gasteiger partial charge in [-0.1, -0.05) is 35.5 Å². The van der Waals surface area contributed by atoms with Crippen LogP contribution >= 0.6 is 0 Å². The van der Waals surface area contributed by atoms with Gasteiger partial charge in [0, 0.05) is 5.56 Å². The van der Waals surface area contributed by atoms with E-state index in [1.807, 2.05) is 0 Å². The van der Waals surface area contributed by atoms with Crippen LogP contribution in [0.15, 0.2) is 58.6 Å². The Labute approximate surface area is 123 Å². The number of hydrogen-bond donors (Lipinski definition) is 3. The van der Waals surface area contributed by atoms with Crippen LogP contribution in [0.3, 0.4) is 0 Å². The SMILES string of the molecule is Cc1cccc(NS(=O)(=O)c2ccccc2)c1/C(N)=N/O. The minimum absolute atomic E-state index is 0.136. The number of anilines is 1. The molecule has 0 fully saturated rings. The highest BCUT2D eigenvalue weighted by Crippen LogP contribution is 2.22. The molecule has 0 aromatic heterocycles. The quantitative estimate of drug-likeness (QED) is 0.347. The molecule has 0 aliphatic heterocycles. The van der Waals surface area contributed by atoms with Crippen LogP contribution in [0, 0.1) is 6.92 Å². The van der Waals surface area contributed by atoms with Crippen LogP contribution < -0.4 is 10.5 Å². The van der Waals surface area contributed by atoms with E-state index < -0.39 is 10.0 Å². The summed E-state index contributed by atoms with van der Waals surface area (Å²) in [6.45, 7) is 1.74. The van der Waals surface area contributed by atoms with E-state index in [0.29, 0.717) is 11.1 Å². The predicted octanol–water partition coefficient (Wildman–Crippen LogP) is 1.89. The minimum Gasteiger partial charge on any atom is -0.409 e. The Kier molecular flexibility index (Phi) is 4.13. The van der Waals surface area contributed by atoms with Gasteiger partial charge in [0.15, 0.2) is 5.84 Å². The summed E-state index contributed by atoms with van der Waals surface area (Å²) in [4.78, 5) is 0.136. The van der Waals surface area contributed by atoms with Crippen LogP contribution in [-0.4, -0.2) is 19.5 Å². The molecule has 0 amide bonds. The summed E-state index contributed by atoms with van der Waals surface area (Å²) < 4.78 is 27.1. The Hall–Kier alpha value is -2.54. The third-order valence-electron chi connectivity index (χ3n) is 2.93. The second-order valence-electron chi connectivity index (χ2n) is 4.40. The molecule has 0 aliphatic carbocycles. The van der Waals surface area contributed by atoms with Crippen molar-refractivity contribution in [3.05, 3.63) is 59.7 Å². The van der Waals surface area contributed by atoms with Crippen LogP contribution in [0.1, 0.15) is 11.1 Å². The van der Waals surface area contributed by atoms with Crippen molar-refractivity contribution in [2.45, 2.75) is 11.8 Å². The number of hydrogen-bond acceptors (Lipinski definition) is 4. The van der Waals surface area contributed by atoms with Crippen molar-refractivity contribution in [2.75, 3.05) is 4.72 Å². The second-order valence-corrected chi connectivity index (χ2v) is 6.08. The fraction of sp³-hybridized carbons (Fsp3) is 0.0714. The second kappa shape index (κ2) is 5.84. The molecule has 0 unspecified atom stereocenters. The molecule has 0 saturated heterocycles. The Bertz CT molecular complexity index is 771. The molecule has 0 bridgehead atoms. The van der Waals surface area contributed by atoms with E-state index in [1.54, 1.807) is 43.3 Å². The molecule has 2 rings (SSSR count). The Morgan fingerprint density at radius 2 is 1.81 bits per heavy atom. The fourth-order valence-electron chi connectivity index (χ4n) is 1.95. The number of benzene rings is 2. The number of nitrogens with one attached hydrogen (secondary N) is 1. The molecule has 0 spiro atoms. The molecule has 2 aromatic rings. The summed E-state index contributed by atoms with van der Waals surface area (Å²) in [6, 6.07) is 13.0. The maximum Gasteiger partial charge on any atom is 0.261 e. The van der Waals surface area contributed by atoms with Crippen molar-refractivity contribution in [3.63, 3.8) is 0 Å². The molecular formula is C14H15N3O3S. The molecule has 0 aliphatic rings. The lowest BCUT2D eigenvalue weighted by molar-refractivity contribution is 0.318. The number of oxime groups is 1. The van der Waals surface area contributed by atoms with Gasteiger partial charge in [-0.2, -0.15) is 0 Å². The zero-order valence-electron chi connectivity index (χ0n) is 11.3. The third-order valence-corrected chi connectivity index (χ3v) is 4.32. The Balaban J connectivity index is 2.48. The van der Waals surface area contributed by atoms with Gasteiger partial charge in [0.2, 0.25) is 0 Å². The summed E-state index contributed by atoms with van der Waals surface area (Å²) in [5.74, 6) is -0.154. The molecule has 0 atom stereocenters. The van der Waals surface area contributed by atoms with Gasteiger partial charge in [-0.25, -0.2) is 8.42 Å². The number of sulfonamides is 1. The summed E-state index contributed by atoms with van der Waals surface area (Å²) in [5.41, 5.74) is 6.92. The number of rotatable bonds is 4. The van der Waals surface area contributed by atoms with Crippen molar-refractivity contribution in [2.24, 2.45) is 10.9 Å². The normalized spacial score (nSPS) is 12.1. The van der Waals surface area contributed by atoms with Crippen molar-refractivity contribution < 1.29 is 13.6 Å². The highest BCUT2D eigenvalue weighted by atomic mass is 32.2. The van der Waals surface area contributed by atoms with Gasteiger partial charge in [0.25, 0.3) is 10.0 Å². The van der Waals surface area contributed by atoms with Crippen LogP contribution in [-0.2, 0) is 10.0 Å². The van der Waals surface area contributed by atoms with Crippen LogP contribution in [0.25, 0.3) is 0 Å². The first-order valence-electron chi connectivity index (χ1n) is 6.11. The largest absolute Gasteiger partial charge is 0.409 e. The van der Waals surface area contributed by atoms with Crippen LogP contribution in [0.4, 0.5) is 5.69 Å². The van der Waals surface area contributed by atoms with E-state index in [2.05, 4.69) is 9.88 Å². The fourth-order valence-corrected chi connectivity index (χ4v) is 3.04. The van der Waals surface area contributed by atoms with Crippen molar-refractivity contribution in [3.8, 4) is 0 Å². The molecule has 7 heteroatoms. The van der Waals surface area contributed by atoms with Gasteiger partial charge in [-0.05, 0) is 30.7 Å². The summed E-state index contributed by atoms with van der Waals surface area (Å²) in [7, 11) is -3.74. The minimum atomic E-state index is -3.74. The van der Waals surface area contributed by atoms with Gasteiger partial charge in [0.1, 0.15) is 0 Å². The third kappa shape index (κ3) is 3.14. The Morgan fingerprint density at radius 3 is 2.43 bits per heavy atom. The molecule has 0 radical (unpaired) electrons. The lowest BCUT2D eigenvalue weighted by atomic mass is 10.1. The molecule has 6 nitrogen and oxygen atoms in total. The Morgan fingerprint density at radius 1 is 1.14 bits per heavy atom. The average Bonchev–Trinajstić information content (AvgIpc) is 2.47. The van der Waals surface area contributed by atoms with E-state index in [0.717, 1.165) is 0 Å². The molecule has 21 heavy (non-hydrogen) atoms. The first-order valence-corrected chi connectivity index (χ1v) is 7.59. The van der Waals surface area contributed by atoms with Gasteiger partial charge in [-0.15, -0.1) is 0 Å². The number of nitrogens with zero attached hydrogens (tertiary/aromatic N) is 1. The maximum atomic E-state index is 12.3. The standard InChI is InChI=1S/C14H15N3O3S/c1-10-6-5-9-12(13(10)14(15)16-18)17-21(19,20)11-7-3-2-4-8-11/h2-9,17-18H,1H3,(H2,15,16). The van der Waals surface area contributed by atoms with Gasteiger partial charge in [0.05, 0.1) is 10.6 Å². The lowest BCUT2D eigenvalue weighted by Crippen LogP contribution is -2.20. The van der Waals surface area contributed by atoms with E-state index >= 15 is 0 Å². The highest BCUT2D eigenvalue weighted by Gasteiger charge is 2.18. The van der Waals surface area contributed by atoms with E-state index in [9.17, 15) is 8.42 Å². The van der Waals surface area contributed by atoms with Gasteiger partial charge in [-0.3, -0.25) is 4.72 Å². The first-order chi connectivity index (χ1) is 9.95. The van der Waals surface area contributed by atoms with E-state index in [1.165, 1.54) is 12.1 Å². The summed E-state index contributed by atoms with van der Waals surface area (Å²) in [5, 5.41) is 11.8. The molecule has 4 N–H and O–H groups in total. The van der Waals surface area contributed by atoms with Crippen molar-refractivity contribution >= 4 is 21.5 Å². The zero-order chi connectivity index (χ0) is 15.5. The summed E-state index contributed by atoms with van der Waals surface area (Å²) >= 11 is 0. The number of nitrogens with two attached hydrogens (primary N) is 1. The van der Waals surface area contributed by atoms with Gasteiger partial charge < -0.3 is 10.9 Å². The van der Waals surface area contributed by atoms with Crippen molar-refractivity contribution in [1.82, 2.24) is 0 Å². The monoisotopic (exact) mass is 305 g/mol.